The van der Waals surface area contributed by atoms with Crippen molar-refractivity contribution in [2.45, 2.75) is 187 Å². The van der Waals surface area contributed by atoms with Gasteiger partial charge in [0.1, 0.15) is 0 Å². The van der Waals surface area contributed by atoms with Crippen LogP contribution in [0.25, 0.3) is 0 Å². The predicted octanol–water partition coefficient (Wildman–Crippen LogP) is 14.7. The maximum atomic E-state index is 12.3. The summed E-state index contributed by atoms with van der Waals surface area (Å²) in [4.78, 5) is 12.3. The highest BCUT2D eigenvalue weighted by Gasteiger charge is 2.19. The first-order chi connectivity index (χ1) is 28.2. The topological polar surface area (TPSA) is 69.6 Å². The Morgan fingerprint density at radius 1 is 0.439 bits per heavy atom. The Morgan fingerprint density at radius 2 is 0.772 bits per heavy atom. The first-order valence-corrected chi connectivity index (χ1v) is 22.9. The van der Waals surface area contributed by atoms with E-state index >= 15 is 0 Å². The van der Waals surface area contributed by atoms with Gasteiger partial charge < -0.3 is 15.5 Å². The zero-order valence-electron chi connectivity index (χ0n) is 36.5. The second kappa shape index (κ2) is 46.9. The van der Waals surface area contributed by atoms with E-state index in [1.807, 2.05) is 0 Å². The maximum Gasteiger partial charge on any atom is 0.220 e. The largest absolute Gasteiger partial charge is 0.394 e. The molecule has 0 spiro atoms. The molecule has 0 heterocycles. The molecule has 0 saturated heterocycles. The number of nitrogens with one attached hydrogen (secondary N) is 1. The third kappa shape index (κ3) is 43.5. The highest BCUT2D eigenvalue weighted by Crippen LogP contribution is 2.13. The number of hydrogen-bond donors (Lipinski definition) is 3. The maximum absolute atomic E-state index is 12.3. The van der Waals surface area contributed by atoms with E-state index in [1.54, 1.807) is 0 Å². The third-order valence-corrected chi connectivity index (χ3v) is 9.43. The van der Waals surface area contributed by atoms with Gasteiger partial charge in [-0.3, -0.25) is 4.79 Å². The zero-order valence-corrected chi connectivity index (χ0v) is 36.5. The van der Waals surface area contributed by atoms with Gasteiger partial charge in [-0.1, -0.05) is 205 Å². The number of unbranched alkanes of at least 4 members (excludes halogenated alkanes) is 10. The lowest BCUT2D eigenvalue weighted by Crippen LogP contribution is -2.45. The van der Waals surface area contributed by atoms with Gasteiger partial charge in [0.05, 0.1) is 18.8 Å². The van der Waals surface area contributed by atoms with E-state index in [0.29, 0.717) is 12.8 Å². The minimum atomic E-state index is -0.680. The Bertz CT molecular complexity index is 1210. The summed E-state index contributed by atoms with van der Waals surface area (Å²) in [6.07, 6.45) is 74.0. The van der Waals surface area contributed by atoms with Crippen LogP contribution in [-0.4, -0.2) is 34.9 Å². The van der Waals surface area contributed by atoms with Crippen molar-refractivity contribution in [1.29, 1.82) is 0 Å². The van der Waals surface area contributed by atoms with Crippen molar-refractivity contribution in [3.05, 3.63) is 134 Å². The molecule has 320 valence electrons. The first kappa shape index (κ1) is 53.5. The normalized spacial score (nSPS) is 14.2. The summed E-state index contributed by atoms with van der Waals surface area (Å²) in [7, 11) is 0. The Kier molecular flexibility index (Phi) is 44.1. The molecule has 0 aliphatic rings. The lowest BCUT2D eigenvalue weighted by atomic mass is 10.0. The summed E-state index contributed by atoms with van der Waals surface area (Å²) in [5.41, 5.74) is 0. The molecular formula is C53H85NO3. The van der Waals surface area contributed by atoms with Gasteiger partial charge in [-0.25, -0.2) is 0 Å². The fraction of sp³-hybridized carbons (Fsp3) is 0.566. The molecule has 0 saturated carbocycles. The van der Waals surface area contributed by atoms with Crippen LogP contribution >= 0.6 is 0 Å². The fourth-order valence-corrected chi connectivity index (χ4v) is 5.95. The van der Waals surface area contributed by atoms with E-state index in [1.165, 1.54) is 38.5 Å². The predicted molar refractivity (Wildman–Crippen MR) is 252 cm³/mol. The molecule has 4 heteroatoms. The number of allylic oxidation sites excluding steroid dienone is 22. The van der Waals surface area contributed by atoms with Crippen LogP contribution in [0.2, 0.25) is 0 Å². The van der Waals surface area contributed by atoms with E-state index in [4.69, 9.17) is 0 Å². The zero-order chi connectivity index (χ0) is 41.4. The Balaban J connectivity index is 3.71. The number of rotatable bonds is 39. The molecule has 2 atom stereocenters. The van der Waals surface area contributed by atoms with Crippen molar-refractivity contribution in [2.24, 2.45) is 0 Å². The van der Waals surface area contributed by atoms with Gasteiger partial charge in [-0.15, -0.1) is 0 Å². The van der Waals surface area contributed by atoms with Crippen LogP contribution in [0.3, 0.4) is 0 Å². The molecule has 0 rings (SSSR count). The van der Waals surface area contributed by atoms with E-state index in [0.717, 1.165) is 109 Å². The second-order valence-electron chi connectivity index (χ2n) is 14.7. The van der Waals surface area contributed by atoms with E-state index in [-0.39, 0.29) is 12.5 Å². The molecule has 0 radical (unpaired) electrons. The van der Waals surface area contributed by atoms with Crippen molar-refractivity contribution < 1.29 is 15.0 Å². The lowest BCUT2D eigenvalue weighted by molar-refractivity contribution is -0.123. The fourth-order valence-electron chi connectivity index (χ4n) is 5.95. The molecule has 0 fully saturated rings. The van der Waals surface area contributed by atoms with Crippen LogP contribution in [0.5, 0.6) is 0 Å². The highest BCUT2D eigenvalue weighted by molar-refractivity contribution is 5.76. The Labute approximate surface area is 351 Å². The minimum Gasteiger partial charge on any atom is -0.394 e. The average molecular weight is 784 g/mol. The Hall–Kier alpha value is -3.47. The number of carbonyl (C=O) groups is 1. The molecule has 0 bridgehead atoms. The molecule has 0 aromatic carbocycles. The van der Waals surface area contributed by atoms with Gasteiger partial charge in [0.25, 0.3) is 0 Å². The van der Waals surface area contributed by atoms with E-state index in [2.05, 4.69) is 153 Å². The molecule has 4 nitrogen and oxygen atoms in total. The first-order valence-electron chi connectivity index (χ1n) is 22.9. The van der Waals surface area contributed by atoms with Crippen LogP contribution < -0.4 is 5.32 Å². The monoisotopic (exact) mass is 784 g/mol. The van der Waals surface area contributed by atoms with Crippen LogP contribution in [-0.2, 0) is 4.79 Å². The SMILES string of the molecule is CC/C=C\C/C=C\C/C=C\C/C=C\C/C=C\C/C=C\C/C=C\C/C=C\C/C=C\C/C=C\C/C=C\CCCCCC(=O)NC(CO)C(O)CCCCCCCCCC. The number of amides is 1. The van der Waals surface area contributed by atoms with Crippen molar-refractivity contribution in [1.82, 2.24) is 5.32 Å². The van der Waals surface area contributed by atoms with Gasteiger partial charge >= 0.3 is 0 Å². The van der Waals surface area contributed by atoms with Crippen molar-refractivity contribution in [3.8, 4) is 0 Å². The van der Waals surface area contributed by atoms with Gasteiger partial charge in [-0.05, 0) is 96.3 Å². The molecule has 0 aromatic heterocycles. The second-order valence-corrected chi connectivity index (χ2v) is 14.7. The molecule has 1 amide bonds. The average Bonchev–Trinajstić information content (AvgIpc) is 3.22. The van der Waals surface area contributed by atoms with Crippen LogP contribution in [0.1, 0.15) is 174 Å². The summed E-state index contributed by atoms with van der Waals surface area (Å²) in [6.45, 7) is 4.17. The smallest absolute Gasteiger partial charge is 0.220 e. The van der Waals surface area contributed by atoms with Crippen molar-refractivity contribution in [2.75, 3.05) is 6.61 Å². The number of aliphatic hydroxyl groups is 2. The lowest BCUT2D eigenvalue weighted by Gasteiger charge is -2.22. The molecular weight excluding hydrogens is 699 g/mol. The van der Waals surface area contributed by atoms with Gasteiger partial charge in [-0.2, -0.15) is 0 Å². The summed E-state index contributed by atoms with van der Waals surface area (Å²) >= 11 is 0. The Morgan fingerprint density at radius 3 is 1.14 bits per heavy atom. The molecule has 0 aliphatic carbocycles. The third-order valence-electron chi connectivity index (χ3n) is 9.43. The quantitative estimate of drug-likeness (QED) is 0.0429. The molecule has 0 aromatic rings. The summed E-state index contributed by atoms with van der Waals surface area (Å²) in [5.74, 6) is -0.0738. The summed E-state index contributed by atoms with van der Waals surface area (Å²) in [5, 5.41) is 22.9. The highest BCUT2D eigenvalue weighted by atomic mass is 16.3. The summed E-state index contributed by atoms with van der Waals surface area (Å²) < 4.78 is 0. The van der Waals surface area contributed by atoms with Crippen LogP contribution in [0.4, 0.5) is 0 Å². The van der Waals surface area contributed by atoms with Gasteiger partial charge in [0.2, 0.25) is 5.91 Å². The minimum absolute atomic E-state index is 0.0738. The standard InChI is InChI=1S/C53H85NO3/c1-3-5-7-9-11-13-14-15-16-17-18-19-20-21-22-23-24-25-26-27-28-29-30-31-32-33-34-35-36-37-38-39-40-41-43-45-47-49-53(57)54-51(50-55)52(56)48-46-44-42-12-10-8-6-4-2/h5,7,11,13,15-16,18-19,21-22,24-25,27-28,30-31,33-34,36-37,39-40,51-52,55-56H,3-4,6,8-10,12,14,17,20,23,26,29,32,35,38,41-50H2,1-2H3,(H,54,57)/b7-5-,13-11-,16-15-,19-18-,22-21-,25-24-,28-27-,31-30-,34-33-,37-36-,40-39-. The summed E-state index contributed by atoms with van der Waals surface area (Å²) in [6, 6.07) is -0.561. The number of hydrogen-bond acceptors (Lipinski definition) is 3. The van der Waals surface area contributed by atoms with Crippen molar-refractivity contribution in [3.63, 3.8) is 0 Å². The number of carbonyl (C=O) groups excluding carboxylic acids is 1. The van der Waals surface area contributed by atoms with E-state index < -0.39 is 12.1 Å². The van der Waals surface area contributed by atoms with Crippen LogP contribution in [0.15, 0.2) is 134 Å². The number of aliphatic hydroxyl groups excluding tert-OH is 2. The van der Waals surface area contributed by atoms with E-state index in [9.17, 15) is 15.0 Å². The molecule has 3 N–H and O–H groups in total. The van der Waals surface area contributed by atoms with Crippen LogP contribution in [0, 0.1) is 0 Å². The van der Waals surface area contributed by atoms with Gasteiger partial charge in [0.15, 0.2) is 0 Å². The molecule has 0 aliphatic heterocycles. The molecule has 2 unspecified atom stereocenters. The molecule has 57 heavy (non-hydrogen) atoms. The van der Waals surface area contributed by atoms with Gasteiger partial charge in [0, 0.05) is 6.42 Å². The van der Waals surface area contributed by atoms with Crippen molar-refractivity contribution >= 4 is 5.91 Å².